The Balaban J connectivity index is 1.82. The minimum absolute atomic E-state index is 0.171. The molecule has 1 aliphatic carbocycles. The number of benzene rings is 3. The predicted molar refractivity (Wildman–Crippen MR) is 109 cm³/mol. The molecule has 3 aromatic rings. The molecule has 0 N–H and O–H groups in total. The second-order valence-corrected chi connectivity index (χ2v) is 6.53. The number of hydrogen-bond donors (Lipinski definition) is 0. The summed E-state index contributed by atoms with van der Waals surface area (Å²) in [7, 11) is 5.08. The monoisotopic (exact) mass is 358 g/mol. The van der Waals surface area contributed by atoms with Gasteiger partial charge in [0.2, 0.25) is 0 Å². The van der Waals surface area contributed by atoms with Crippen LogP contribution in [0.15, 0.2) is 66.7 Å². The lowest BCUT2D eigenvalue weighted by Gasteiger charge is -2.19. The molecule has 0 saturated heterocycles. The highest BCUT2D eigenvalue weighted by molar-refractivity contribution is 5.94. The van der Waals surface area contributed by atoms with Crippen LogP contribution in [0.25, 0.3) is 11.6 Å². The third kappa shape index (κ3) is 3.17. The van der Waals surface area contributed by atoms with Crippen LogP contribution in [0.5, 0.6) is 17.2 Å². The second-order valence-electron chi connectivity index (χ2n) is 6.53. The maximum atomic E-state index is 5.42. The van der Waals surface area contributed by atoms with Crippen LogP contribution >= 0.6 is 0 Å². The Morgan fingerprint density at radius 3 is 1.78 bits per heavy atom. The van der Waals surface area contributed by atoms with E-state index in [0.717, 1.165) is 17.2 Å². The van der Waals surface area contributed by atoms with Crippen LogP contribution in [-0.4, -0.2) is 21.3 Å². The van der Waals surface area contributed by atoms with Gasteiger partial charge in [0.15, 0.2) is 0 Å². The normalized spacial score (nSPS) is 15.1. The Bertz CT molecular complexity index is 970. The Morgan fingerprint density at radius 2 is 1.19 bits per heavy atom. The zero-order valence-electron chi connectivity index (χ0n) is 15.7. The van der Waals surface area contributed by atoms with Gasteiger partial charge in [-0.05, 0) is 70.3 Å². The molecule has 3 heteroatoms. The zero-order valence-corrected chi connectivity index (χ0v) is 15.7. The smallest absolute Gasteiger partial charge is 0.119 e. The number of methoxy groups -OCH3 is 3. The lowest BCUT2D eigenvalue weighted by atomic mass is 9.85. The summed E-state index contributed by atoms with van der Waals surface area (Å²) in [6.45, 7) is 0. The molecule has 0 saturated carbocycles. The fourth-order valence-corrected chi connectivity index (χ4v) is 3.68. The Kier molecular flexibility index (Phi) is 4.59. The molecular formula is C24H22O3. The van der Waals surface area contributed by atoms with Gasteiger partial charge in [0.1, 0.15) is 17.2 Å². The Hall–Kier alpha value is -3.20. The highest BCUT2D eigenvalue weighted by atomic mass is 16.5. The van der Waals surface area contributed by atoms with E-state index in [0.29, 0.717) is 0 Å². The van der Waals surface area contributed by atoms with Crippen LogP contribution in [0, 0.1) is 0 Å². The van der Waals surface area contributed by atoms with Gasteiger partial charge in [-0.15, -0.1) is 0 Å². The van der Waals surface area contributed by atoms with Crippen molar-refractivity contribution in [2.24, 2.45) is 0 Å². The van der Waals surface area contributed by atoms with Gasteiger partial charge >= 0.3 is 0 Å². The van der Waals surface area contributed by atoms with Gasteiger partial charge in [-0.2, -0.15) is 0 Å². The first-order valence-corrected chi connectivity index (χ1v) is 8.91. The molecular weight excluding hydrogens is 336 g/mol. The summed E-state index contributed by atoms with van der Waals surface area (Å²) in [5, 5.41) is 0. The molecule has 27 heavy (non-hydrogen) atoms. The fraction of sp³-hybridized carbons (Fsp3) is 0.167. The molecule has 1 unspecified atom stereocenters. The van der Waals surface area contributed by atoms with E-state index in [9.17, 15) is 0 Å². The predicted octanol–water partition coefficient (Wildman–Crippen LogP) is 5.40. The van der Waals surface area contributed by atoms with Crippen LogP contribution in [0.4, 0.5) is 0 Å². The number of hydrogen-bond acceptors (Lipinski definition) is 3. The molecule has 136 valence electrons. The van der Waals surface area contributed by atoms with Gasteiger partial charge in [-0.1, -0.05) is 30.3 Å². The lowest BCUT2D eigenvalue weighted by molar-refractivity contribution is 0.414. The van der Waals surface area contributed by atoms with E-state index in [2.05, 4.69) is 42.5 Å². The molecule has 3 nitrogen and oxygen atoms in total. The number of ether oxygens (including phenoxy) is 3. The van der Waals surface area contributed by atoms with E-state index in [1.54, 1.807) is 21.3 Å². The van der Waals surface area contributed by atoms with E-state index in [1.165, 1.54) is 27.8 Å². The first kappa shape index (κ1) is 17.2. The summed E-state index contributed by atoms with van der Waals surface area (Å²) in [5.74, 6) is 2.76. The molecule has 0 radical (unpaired) electrons. The molecule has 4 rings (SSSR count). The van der Waals surface area contributed by atoms with Gasteiger partial charge in [0, 0.05) is 5.92 Å². The van der Waals surface area contributed by atoms with Crippen molar-refractivity contribution in [3.63, 3.8) is 0 Å². The average Bonchev–Trinajstić information content (AvgIpc) is 3.12. The zero-order chi connectivity index (χ0) is 18.8. The highest BCUT2D eigenvalue weighted by Crippen LogP contribution is 2.47. The third-order valence-electron chi connectivity index (χ3n) is 5.10. The van der Waals surface area contributed by atoms with Crippen LogP contribution in [0.1, 0.15) is 28.2 Å². The number of rotatable bonds is 5. The van der Waals surface area contributed by atoms with Crippen molar-refractivity contribution in [2.75, 3.05) is 21.3 Å². The third-order valence-corrected chi connectivity index (χ3v) is 5.10. The van der Waals surface area contributed by atoms with Gasteiger partial charge in [0.25, 0.3) is 0 Å². The summed E-state index contributed by atoms with van der Waals surface area (Å²) in [6, 6.07) is 22.8. The molecule has 0 spiro atoms. The van der Waals surface area contributed by atoms with Crippen molar-refractivity contribution in [1.82, 2.24) is 0 Å². The van der Waals surface area contributed by atoms with Crippen LogP contribution < -0.4 is 14.2 Å². The quantitative estimate of drug-likeness (QED) is 0.611. The summed E-state index contributed by atoms with van der Waals surface area (Å²) >= 11 is 0. The largest absolute Gasteiger partial charge is 0.497 e. The van der Waals surface area contributed by atoms with Crippen molar-refractivity contribution >= 4 is 11.6 Å². The molecule has 3 aromatic carbocycles. The summed E-state index contributed by atoms with van der Waals surface area (Å²) in [4.78, 5) is 0. The van der Waals surface area contributed by atoms with Crippen LogP contribution in [0.2, 0.25) is 0 Å². The average molecular weight is 358 g/mol. The lowest BCUT2D eigenvalue weighted by Crippen LogP contribution is -2.01. The molecule has 1 aliphatic rings. The number of fused-ring (bicyclic) bond motifs is 1. The summed E-state index contributed by atoms with van der Waals surface area (Å²) in [6.07, 6.45) is 2.26. The fourth-order valence-electron chi connectivity index (χ4n) is 3.68. The van der Waals surface area contributed by atoms with Crippen LogP contribution in [-0.2, 0) is 0 Å². The van der Waals surface area contributed by atoms with Crippen molar-refractivity contribution in [3.05, 3.63) is 89.0 Å². The van der Waals surface area contributed by atoms with E-state index < -0.39 is 0 Å². The molecule has 0 aromatic heterocycles. The first-order valence-electron chi connectivity index (χ1n) is 8.91. The van der Waals surface area contributed by atoms with Gasteiger partial charge < -0.3 is 14.2 Å². The maximum Gasteiger partial charge on any atom is 0.119 e. The SMILES string of the molecule is COc1ccc(C2=Cc3cc(OC)ccc3C2c2ccc(OC)cc2)cc1. The van der Waals surface area contributed by atoms with Crippen molar-refractivity contribution in [2.45, 2.75) is 5.92 Å². The Labute approximate surface area is 159 Å². The van der Waals surface area contributed by atoms with Crippen molar-refractivity contribution < 1.29 is 14.2 Å². The molecule has 0 fully saturated rings. The van der Waals surface area contributed by atoms with Crippen molar-refractivity contribution in [3.8, 4) is 17.2 Å². The summed E-state index contributed by atoms with van der Waals surface area (Å²) < 4.78 is 16.1. The van der Waals surface area contributed by atoms with E-state index in [-0.39, 0.29) is 5.92 Å². The second kappa shape index (κ2) is 7.20. The van der Waals surface area contributed by atoms with E-state index >= 15 is 0 Å². The molecule has 0 heterocycles. The Morgan fingerprint density at radius 1 is 0.630 bits per heavy atom. The minimum atomic E-state index is 0.171. The van der Waals surface area contributed by atoms with E-state index in [1.807, 2.05) is 30.3 Å². The van der Waals surface area contributed by atoms with Gasteiger partial charge in [-0.3, -0.25) is 0 Å². The number of allylic oxidation sites excluding steroid dienone is 1. The minimum Gasteiger partial charge on any atom is -0.497 e. The highest BCUT2D eigenvalue weighted by Gasteiger charge is 2.28. The molecule has 0 bridgehead atoms. The van der Waals surface area contributed by atoms with Crippen LogP contribution in [0.3, 0.4) is 0 Å². The topological polar surface area (TPSA) is 27.7 Å². The van der Waals surface area contributed by atoms with Gasteiger partial charge in [0.05, 0.1) is 21.3 Å². The van der Waals surface area contributed by atoms with E-state index in [4.69, 9.17) is 14.2 Å². The summed E-state index contributed by atoms with van der Waals surface area (Å²) in [5.41, 5.74) is 6.17. The first-order chi connectivity index (χ1) is 13.2. The molecule has 0 aliphatic heterocycles. The molecule has 1 atom stereocenters. The van der Waals surface area contributed by atoms with Crippen molar-refractivity contribution in [1.29, 1.82) is 0 Å². The molecule has 0 amide bonds. The maximum absolute atomic E-state index is 5.42. The standard InChI is InChI=1S/C24H22O3/c1-25-19-8-4-16(5-9-19)23-15-18-14-21(27-3)12-13-22(18)24(23)17-6-10-20(26-2)11-7-17/h4-15,24H,1-3H3. The van der Waals surface area contributed by atoms with Gasteiger partial charge in [-0.25, -0.2) is 0 Å².